The van der Waals surface area contributed by atoms with Gasteiger partial charge in [0.15, 0.2) is 0 Å². The summed E-state index contributed by atoms with van der Waals surface area (Å²) < 4.78 is 17.4. The summed E-state index contributed by atoms with van der Waals surface area (Å²) in [7, 11) is 0. The van der Waals surface area contributed by atoms with E-state index in [-0.39, 0.29) is 11.5 Å². The van der Waals surface area contributed by atoms with E-state index in [0.29, 0.717) is 25.4 Å². The van der Waals surface area contributed by atoms with Crippen molar-refractivity contribution in [3.63, 3.8) is 0 Å². The van der Waals surface area contributed by atoms with E-state index in [1.165, 1.54) is 12.4 Å². The Morgan fingerprint density at radius 1 is 0.467 bits per heavy atom. The van der Waals surface area contributed by atoms with Gasteiger partial charge in [-0.1, -0.05) is 146 Å². The summed E-state index contributed by atoms with van der Waals surface area (Å²) in [5, 5.41) is 9.30. The minimum atomic E-state index is -0.997. The monoisotopic (exact) mass is 790 g/mol. The summed E-state index contributed by atoms with van der Waals surface area (Å²) in [5.41, 5.74) is 10.2. The van der Waals surface area contributed by atoms with Crippen molar-refractivity contribution in [1.82, 2.24) is 9.97 Å². The van der Waals surface area contributed by atoms with Crippen LogP contribution >= 0.6 is 0 Å². The minimum Gasteiger partial charge on any atom is -0.488 e. The molecule has 2 aromatic heterocycles. The third-order valence-electron chi connectivity index (χ3n) is 9.54. The Hall–Kier alpha value is -7.84. The average molecular weight is 791 g/mol. The van der Waals surface area contributed by atoms with Crippen LogP contribution in [0.1, 0.15) is 38.8 Å². The largest absolute Gasteiger partial charge is 0.488 e. The van der Waals surface area contributed by atoms with Crippen molar-refractivity contribution < 1.29 is 28.9 Å². The molecule has 0 spiro atoms. The molecule has 0 unspecified atom stereocenters. The third kappa shape index (κ3) is 10.2. The van der Waals surface area contributed by atoms with Gasteiger partial charge in [0.05, 0.1) is 17.7 Å². The quantitative estimate of drug-likeness (QED) is 0.115. The molecule has 0 fully saturated rings. The third-order valence-corrected chi connectivity index (χ3v) is 9.54. The highest BCUT2D eigenvalue weighted by atomic mass is 16.5. The van der Waals surface area contributed by atoms with Gasteiger partial charge in [0, 0.05) is 47.0 Å². The number of carbonyl (C=O) groups excluding carboxylic acids is 1. The molecule has 2 heterocycles. The number of carbonyl (C=O) groups is 2. The fraction of sp³-hybridized carbons (Fsp3) is 0.0769. The summed E-state index contributed by atoms with van der Waals surface area (Å²) in [5.74, 6) is 0.198. The van der Waals surface area contributed by atoms with Crippen LogP contribution in [-0.4, -0.2) is 33.6 Å². The molecule has 8 nitrogen and oxygen atoms in total. The number of carboxylic acid groups (broad SMARTS) is 1. The van der Waals surface area contributed by atoms with E-state index >= 15 is 0 Å². The molecule has 0 aliphatic carbocycles. The predicted molar refractivity (Wildman–Crippen MR) is 235 cm³/mol. The van der Waals surface area contributed by atoms with Crippen molar-refractivity contribution in [3.8, 4) is 56.0 Å². The van der Waals surface area contributed by atoms with Crippen molar-refractivity contribution in [2.45, 2.75) is 20.1 Å². The van der Waals surface area contributed by atoms with Gasteiger partial charge in [0.2, 0.25) is 0 Å². The zero-order chi connectivity index (χ0) is 41.5. The van der Waals surface area contributed by atoms with Gasteiger partial charge in [-0.15, -0.1) is 0 Å². The van der Waals surface area contributed by atoms with Gasteiger partial charge in [0.1, 0.15) is 24.7 Å². The molecule has 296 valence electrons. The van der Waals surface area contributed by atoms with Crippen LogP contribution in [0, 0.1) is 0 Å². The summed E-state index contributed by atoms with van der Waals surface area (Å²) in [4.78, 5) is 31.9. The van der Waals surface area contributed by atoms with Crippen LogP contribution in [0.3, 0.4) is 0 Å². The second-order valence-electron chi connectivity index (χ2n) is 13.6. The Morgan fingerprint density at radius 3 is 1.30 bits per heavy atom. The predicted octanol–water partition coefficient (Wildman–Crippen LogP) is 11.9. The summed E-state index contributed by atoms with van der Waals surface area (Å²) in [6, 6.07) is 55.3. The Bertz CT molecular complexity index is 2680. The van der Waals surface area contributed by atoms with E-state index in [2.05, 4.69) is 16.0 Å². The molecular weight excluding hydrogens is 749 g/mol. The van der Waals surface area contributed by atoms with E-state index in [0.717, 1.165) is 67.1 Å². The number of para-hydroxylation sites is 2. The van der Waals surface area contributed by atoms with Crippen molar-refractivity contribution in [3.05, 3.63) is 217 Å². The number of aromatic carboxylic acids is 1. The fourth-order valence-electron chi connectivity index (χ4n) is 6.66. The van der Waals surface area contributed by atoms with E-state index in [1.54, 1.807) is 25.4 Å². The van der Waals surface area contributed by atoms with Crippen molar-refractivity contribution in [2.75, 3.05) is 6.61 Å². The molecule has 0 aliphatic rings. The molecular formula is C52H42N2O6. The van der Waals surface area contributed by atoms with Gasteiger partial charge >= 0.3 is 11.9 Å². The number of rotatable bonds is 13. The Kier molecular flexibility index (Phi) is 13.5. The number of hydrogen-bond donors (Lipinski definition) is 1. The highest BCUT2D eigenvalue weighted by molar-refractivity contribution is 5.93. The zero-order valence-corrected chi connectivity index (χ0v) is 33.0. The highest BCUT2D eigenvalue weighted by Gasteiger charge is 2.16. The second kappa shape index (κ2) is 20.0. The topological polar surface area (TPSA) is 108 Å². The molecule has 0 amide bonds. The van der Waals surface area contributed by atoms with Crippen LogP contribution in [0.25, 0.3) is 44.5 Å². The molecule has 6 aromatic carbocycles. The molecule has 8 aromatic rings. The van der Waals surface area contributed by atoms with E-state index < -0.39 is 5.97 Å². The number of nitrogens with zero attached hydrogens (tertiary/aromatic N) is 2. The van der Waals surface area contributed by atoms with Gasteiger partial charge in [-0.25, -0.2) is 9.59 Å². The molecule has 0 radical (unpaired) electrons. The Balaban J connectivity index is 0.000000182. The lowest BCUT2D eigenvalue weighted by Gasteiger charge is -2.15. The summed E-state index contributed by atoms with van der Waals surface area (Å²) in [6.07, 6.45) is 6.32. The van der Waals surface area contributed by atoms with Crippen LogP contribution in [-0.2, 0) is 18.0 Å². The Morgan fingerprint density at radius 2 is 0.850 bits per heavy atom. The minimum absolute atomic E-state index is 0.158. The first-order valence-corrected chi connectivity index (χ1v) is 19.5. The van der Waals surface area contributed by atoms with Crippen LogP contribution in [0.4, 0.5) is 0 Å². The first kappa shape index (κ1) is 40.4. The van der Waals surface area contributed by atoms with E-state index in [4.69, 9.17) is 14.2 Å². The lowest BCUT2D eigenvalue weighted by Crippen LogP contribution is -2.05. The lowest BCUT2D eigenvalue weighted by molar-refractivity contribution is 0.0525. The first-order valence-electron chi connectivity index (χ1n) is 19.5. The smallest absolute Gasteiger partial charge is 0.339 e. The normalized spacial score (nSPS) is 10.5. The summed E-state index contributed by atoms with van der Waals surface area (Å²) >= 11 is 0. The molecule has 8 rings (SSSR count). The number of aromatic nitrogens is 2. The van der Waals surface area contributed by atoms with Crippen LogP contribution in [0.15, 0.2) is 195 Å². The van der Waals surface area contributed by atoms with Crippen LogP contribution < -0.4 is 9.47 Å². The molecule has 0 saturated carbocycles. The molecule has 8 heteroatoms. The van der Waals surface area contributed by atoms with Gasteiger partial charge in [0.25, 0.3) is 0 Å². The Labute approximate surface area is 349 Å². The van der Waals surface area contributed by atoms with Gasteiger partial charge in [-0.05, 0) is 64.6 Å². The van der Waals surface area contributed by atoms with E-state index in [1.807, 2.05) is 158 Å². The van der Waals surface area contributed by atoms with Crippen LogP contribution in [0.2, 0.25) is 0 Å². The van der Waals surface area contributed by atoms with E-state index in [9.17, 15) is 14.7 Å². The summed E-state index contributed by atoms with van der Waals surface area (Å²) in [6.45, 7) is 3.07. The number of pyridine rings is 2. The SMILES string of the molecule is CCOC(=O)c1cncc(-c2ccccc2-c2ccccc2OCc2ccccc2)c1.O=C(O)c1cncc(-c2ccccc2-c2ccccc2OCc2ccccc2)c1. The highest BCUT2D eigenvalue weighted by Crippen LogP contribution is 2.39. The molecule has 0 aliphatic heterocycles. The molecule has 0 bridgehead atoms. The maximum absolute atomic E-state index is 12.2. The maximum atomic E-state index is 12.2. The van der Waals surface area contributed by atoms with Crippen molar-refractivity contribution in [1.29, 1.82) is 0 Å². The molecule has 0 saturated heterocycles. The van der Waals surface area contributed by atoms with Crippen LogP contribution in [0.5, 0.6) is 11.5 Å². The zero-order valence-electron chi connectivity index (χ0n) is 33.0. The van der Waals surface area contributed by atoms with Gasteiger partial charge in [-0.2, -0.15) is 0 Å². The second-order valence-corrected chi connectivity index (χ2v) is 13.6. The van der Waals surface area contributed by atoms with Gasteiger partial charge in [-0.3, -0.25) is 9.97 Å². The number of benzene rings is 6. The van der Waals surface area contributed by atoms with Gasteiger partial charge < -0.3 is 19.3 Å². The number of ether oxygens (including phenoxy) is 3. The molecule has 60 heavy (non-hydrogen) atoms. The number of carboxylic acids is 1. The standard InChI is InChI=1S/C27H23NO3.C25H19NO3/c1-2-30-27(29)22-16-21(17-28-18-22)23-12-6-7-13-24(23)25-14-8-9-15-26(25)31-19-20-10-4-3-5-11-20;27-25(28)20-14-19(15-26-16-20)21-10-4-5-11-22(21)23-12-6-7-13-24(23)29-17-18-8-2-1-3-9-18/h3-18H,2,19H2,1H3;1-16H,17H2,(H,27,28). The lowest BCUT2D eigenvalue weighted by atomic mass is 9.94. The molecule has 1 N–H and O–H groups in total. The number of hydrogen-bond acceptors (Lipinski definition) is 7. The van der Waals surface area contributed by atoms with Crippen molar-refractivity contribution >= 4 is 11.9 Å². The first-order chi connectivity index (χ1) is 29.5. The maximum Gasteiger partial charge on any atom is 0.339 e. The molecule has 0 atom stereocenters. The number of esters is 1. The fourth-order valence-corrected chi connectivity index (χ4v) is 6.66. The average Bonchev–Trinajstić information content (AvgIpc) is 3.31. The van der Waals surface area contributed by atoms with Crippen molar-refractivity contribution in [2.24, 2.45) is 0 Å².